The van der Waals surface area contributed by atoms with Crippen molar-refractivity contribution >= 4 is 22.6 Å². The Morgan fingerprint density at radius 2 is 2.24 bits per heavy atom. The molecule has 0 unspecified atom stereocenters. The first-order chi connectivity index (χ1) is 10.3. The second-order valence-corrected chi connectivity index (χ2v) is 5.15. The average Bonchev–Trinajstić information content (AvgIpc) is 3.34. The zero-order valence-corrected chi connectivity index (χ0v) is 11.6. The van der Waals surface area contributed by atoms with Crippen LogP contribution in [0.25, 0.3) is 10.9 Å². The monoisotopic (exact) mass is 287 g/mol. The highest BCUT2D eigenvalue weighted by Crippen LogP contribution is 2.28. The number of nitrogens with zero attached hydrogens (tertiary/aromatic N) is 2. The first-order valence-corrected chi connectivity index (χ1v) is 7.10. The summed E-state index contributed by atoms with van der Waals surface area (Å²) in [7, 11) is 0. The molecule has 1 fully saturated rings. The van der Waals surface area contributed by atoms with Gasteiger partial charge in [-0.05, 0) is 31.4 Å². The van der Waals surface area contributed by atoms with Gasteiger partial charge in [-0.1, -0.05) is 0 Å². The van der Waals surface area contributed by atoms with E-state index in [0.29, 0.717) is 29.8 Å². The maximum absolute atomic E-state index is 11.6. The average molecular weight is 287 g/mol. The molecular formula is C14H17N5O2. The minimum absolute atomic E-state index is 0.159. The van der Waals surface area contributed by atoms with Gasteiger partial charge in [0.1, 0.15) is 5.52 Å². The van der Waals surface area contributed by atoms with E-state index in [-0.39, 0.29) is 17.4 Å². The molecule has 7 nitrogen and oxygen atoms in total. The highest BCUT2D eigenvalue weighted by Gasteiger charge is 2.28. The summed E-state index contributed by atoms with van der Waals surface area (Å²) in [6.45, 7) is 1.30. The van der Waals surface area contributed by atoms with E-state index in [4.69, 9.17) is 0 Å². The molecule has 2 heterocycles. The number of carbonyl (C=O) groups is 1. The summed E-state index contributed by atoms with van der Waals surface area (Å²) in [6, 6.07) is 3.58. The number of aromatic amines is 1. The zero-order valence-electron chi connectivity index (χ0n) is 11.6. The lowest BCUT2D eigenvalue weighted by molar-refractivity contribution is -0.122. The Bertz CT molecular complexity index is 708. The predicted molar refractivity (Wildman–Crippen MR) is 79.0 cm³/mol. The Kier molecular flexibility index (Phi) is 3.81. The van der Waals surface area contributed by atoms with Gasteiger partial charge in [-0.25, -0.2) is 5.10 Å². The lowest BCUT2D eigenvalue weighted by Crippen LogP contribution is -2.27. The van der Waals surface area contributed by atoms with E-state index in [1.165, 1.54) is 0 Å². The Labute approximate surface area is 121 Å². The highest BCUT2D eigenvalue weighted by atomic mass is 16.2. The maximum atomic E-state index is 11.6. The van der Waals surface area contributed by atoms with Gasteiger partial charge >= 0.3 is 0 Å². The van der Waals surface area contributed by atoms with Crippen LogP contribution in [-0.4, -0.2) is 34.2 Å². The van der Waals surface area contributed by atoms with Gasteiger partial charge in [0.25, 0.3) is 5.56 Å². The molecule has 110 valence electrons. The lowest BCUT2D eigenvalue weighted by Gasteiger charge is -2.08. The fraction of sp³-hybridized carbons (Fsp3) is 0.429. The van der Waals surface area contributed by atoms with Crippen LogP contribution in [0, 0.1) is 5.92 Å². The molecule has 0 atom stereocenters. The van der Waals surface area contributed by atoms with E-state index in [1.54, 1.807) is 12.3 Å². The van der Waals surface area contributed by atoms with Gasteiger partial charge in [-0.15, -0.1) is 0 Å². The van der Waals surface area contributed by atoms with Gasteiger partial charge in [-0.3, -0.25) is 14.6 Å². The van der Waals surface area contributed by atoms with E-state index < -0.39 is 0 Å². The molecule has 7 heteroatoms. The van der Waals surface area contributed by atoms with E-state index in [0.717, 1.165) is 19.3 Å². The number of nitrogens with one attached hydrogen (secondary N) is 3. The quantitative estimate of drug-likeness (QED) is 0.677. The van der Waals surface area contributed by atoms with Crippen LogP contribution in [0.4, 0.5) is 5.82 Å². The van der Waals surface area contributed by atoms with Gasteiger partial charge in [0.15, 0.2) is 5.82 Å². The molecule has 1 amide bonds. The Hall–Kier alpha value is -2.44. The number of rotatable bonds is 6. The van der Waals surface area contributed by atoms with Crippen molar-refractivity contribution in [3.63, 3.8) is 0 Å². The number of aromatic nitrogens is 3. The van der Waals surface area contributed by atoms with Crippen molar-refractivity contribution in [2.45, 2.75) is 19.3 Å². The molecule has 3 N–H and O–H groups in total. The fourth-order valence-electron chi connectivity index (χ4n) is 2.13. The molecule has 0 radical (unpaired) electrons. The third-order valence-corrected chi connectivity index (χ3v) is 3.44. The molecule has 1 aliphatic rings. The molecule has 21 heavy (non-hydrogen) atoms. The first kappa shape index (κ1) is 13.5. The smallest absolute Gasteiger partial charge is 0.290 e. The Balaban J connectivity index is 1.54. The van der Waals surface area contributed by atoms with Crippen LogP contribution in [-0.2, 0) is 4.79 Å². The van der Waals surface area contributed by atoms with Crippen molar-refractivity contribution in [2.24, 2.45) is 5.92 Å². The molecule has 1 saturated carbocycles. The fourth-order valence-corrected chi connectivity index (χ4v) is 2.13. The van der Waals surface area contributed by atoms with Gasteiger partial charge in [-0.2, -0.15) is 5.10 Å². The number of carbonyl (C=O) groups excluding carboxylic acids is 1. The van der Waals surface area contributed by atoms with Crippen LogP contribution in [0.3, 0.4) is 0 Å². The summed E-state index contributed by atoms with van der Waals surface area (Å²) in [4.78, 5) is 27.1. The molecule has 1 aliphatic carbocycles. The molecule has 3 rings (SSSR count). The van der Waals surface area contributed by atoms with Crippen molar-refractivity contribution in [1.29, 1.82) is 0 Å². The Morgan fingerprint density at radius 1 is 1.38 bits per heavy atom. The molecule has 0 aromatic carbocycles. The number of hydrogen-bond donors (Lipinski definition) is 3. The van der Waals surface area contributed by atoms with E-state index in [1.807, 2.05) is 6.07 Å². The number of H-pyrrole nitrogens is 1. The largest absolute Gasteiger partial charge is 0.368 e. The van der Waals surface area contributed by atoms with Gasteiger partial charge < -0.3 is 10.6 Å². The zero-order chi connectivity index (χ0) is 14.7. The van der Waals surface area contributed by atoms with E-state index in [9.17, 15) is 9.59 Å². The summed E-state index contributed by atoms with van der Waals surface area (Å²) in [5.74, 6) is 1.01. The van der Waals surface area contributed by atoms with E-state index in [2.05, 4.69) is 25.8 Å². The molecular weight excluding hydrogens is 270 g/mol. The Morgan fingerprint density at radius 3 is 3.05 bits per heavy atom. The summed E-state index contributed by atoms with van der Waals surface area (Å²) >= 11 is 0. The number of pyridine rings is 1. The molecule has 0 bridgehead atoms. The van der Waals surface area contributed by atoms with Crippen LogP contribution in [0.5, 0.6) is 0 Å². The summed E-state index contributed by atoms with van der Waals surface area (Å²) in [5.41, 5.74) is 0.0740. The van der Waals surface area contributed by atoms with Crippen LogP contribution < -0.4 is 16.2 Å². The van der Waals surface area contributed by atoms with Crippen LogP contribution in [0.2, 0.25) is 0 Å². The third-order valence-electron chi connectivity index (χ3n) is 3.44. The number of fused-ring (bicyclic) bond motifs is 1. The van der Waals surface area contributed by atoms with Crippen molar-refractivity contribution in [2.75, 3.05) is 18.4 Å². The van der Waals surface area contributed by atoms with Crippen molar-refractivity contribution in [1.82, 2.24) is 20.5 Å². The van der Waals surface area contributed by atoms with Crippen molar-refractivity contribution in [3.05, 3.63) is 28.7 Å². The topological polar surface area (TPSA) is 99.8 Å². The predicted octanol–water partition coefficient (Wildman–Crippen LogP) is 0.646. The van der Waals surface area contributed by atoms with Gasteiger partial charge in [0.2, 0.25) is 5.91 Å². The highest BCUT2D eigenvalue weighted by molar-refractivity contribution is 5.87. The minimum atomic E-state index is -0.298. The molecule has 0 saturated heterocycles. The molecule has 0 spiro atoms. The second-order valence-electron chi connectivity index (χ2n) is 5.15. The summed E-state index contributed by atoms with van der Waals surface area (Å²) in [5, 5.41) is 13.2. The standard InChI is InChI=1S/C14H17N5O2/c20-13(9-4-5-9)17-8-2-7-16-12-10-3-1-6-15-11(10)14(21)19-18-12/h1,3,6,9H,2,4-5,7-8H2,(H,16,18)(H,17,20)(H,19,21). The van der Waals surface area contributed by atoms with Gasteiger partial charge in [0, 0.05) is 25.2 Å². The minimum Gasteiger partial charge on any atom is -0.368 e. The number of amides is 1. The third kappa shape index (κ3) is 3.18. The molecule has 2 aromatic heterocycles. The normalized spacial score (nSPS) is 14.1. The number of anilines is 1. The molecule has 2 aromatic rings. The molecule has 0 aliphatic heterocycles. The van der Waals surface area contributed by atoms with Crippen LogP contribution in [0.1, 0.15) is 19.3 Å². The van der Waals surface area contributed by atoms with Crippen molar-refractivity contribution in [3.8, 4) is 0 Å². The maximum Gasteiger partial charge on any atom is 0.290 e. The van der Waals surface area contributed by atoms with Crippen LogP contribution in [0.15, 0.2) is 23.1 Å². The summed E-state index contributed by atoms with van der Waals surface area (Å²) in [6.07, 6.45) is 4.41. The second kappa shape index (κ2) is 5.90. The van der Waals surface area contributed by atoms with Gasteiger partial charge in [0.05, 0.1) is 5.39 Å². The van der Waals surface area contributed by atoms with Crippen molar-refractivity contribution < 1.29 is 4.79 Å². The first-order valence-electron chi connectivity index (χ1n) is 7.10. The SMILES string of the molecule is O=C(NCCCNc1n[nH]c(=O)c2ncccc12)C1CC1. The summed E-state index contributed by atoms with van der Waals surface area (Å²) < 4.78 is 0. The van der Waals surface area contributed by atoms with Crippen LogP contribution >= 0.6 is 0 Å². The number of hydrogen-bond acceptors (Lipinski definition) is 5. The van der Waals surface area contributed by atoms with E-state index >= 15 is 0 Å². The lowest BCUT2D eigenvalue weighted by atomic mass is 10.2.